The number of aryl methyl sites for hydroxylation is 1. The third-order valence-corrected chi connectivity index (χ3v) is 5.60. The SMILES string of the molecule is CCOc1cc(/C=N\NC(=O)C(=O)Nc2ccc(F)cc2)cc(Br)c1OCC(=O)Nc1ccc(CC)cc1. The van der Waals surface area contributed by atoms with E-state index >= 15 is 0 Å². The highest BCUT2D eigenvalue weighted by atomic mass is 79.9. The zero-order valence-electron chi connectivity index (χ0n) is 20.7. The standard InChI is InChI=1S/C27H26BrFN4O5/c1-3-17-5-9-20(10-6-17)31-24(34)16-38-25-22(28)13-18(14-23(25)37-4-2)15-30-33-27(36)26(35)32-21-11-7-19(29)8-12-21/h5-15H,3-4,16H2,1-2H3,(H,31,34)(H,32,35)(H,33,36)/b30-15-. The number of amides is 3. The van der Waals surface area contributed by atoms with Gasteiger partial charge in [-0.25, -0.2) is 9.82 Å². The Hall–Kier alpha value is -4.25. The van der Waals surface area contributed by atoms with Gasteiger partial charge >= 0.3 is 11.8 Å². The van der Waals surface area contributed by atoms with E-state index < -0.39 is 17.6 Å². The summed E-state index contributed by atoms with van der Waals surface area (Å²) >= 11 is 3.41. The molecule has 0 fully saturated rings. The van der Waals surface area contributed by atoms with Gasteiger partial charge in [-0.15, -0.1) is 0 Å². The molecule has 0 saturated heterocycles. The van der Waals surface area contributed by atoms with Crippen LogP contribution >= 0.6 is 15.9 Å². The fourth-order valence-electron chi connectivity index (χ4n) is 3.16. The third-order valence-electron chi connectivity index (χ3n) is 5.01. The highest BCUT2D eigenvalue weighted by Gasteiger charge is 2.15. The largest absolute Gasteiger partial charge is 0.490 e. The lowest BCUT2D eigenvalue weighted by atomic mass is 10.1. The molecule has 3 N–H and O–H groups in total. The van der Waals surface area contributed by atoms with Gasteiger partial charge in [-0.2, -0.15) is 5.10 Å². The quantitative estimate of drug-likeness (QED) is 0.182. The number of carbonyl (C=O) groups excluding carboxylic acids is 3. The number of ether oxygens (including phenoxy) is 2. The average molecular weight is 585 g/mol. The van der Waals surface area contributed by atoms with Crippen LogP contribution in [0.25, 0.3) is 0 Å². The number of hydrazone groups is 1. The van der Waals surface area contributed by atoms with Gasteiger partial charge in [-0.05, 0) is 88.9 Å². The zero-order chi connectivity index (χ0) is 27.5. The van der Waals surface area contributed by atoms with Crippen LogP contribution in [0.15, 0.2) is 70.2 Å². The van der Waals surface area contributed by atoms with E-state index in [2.05, 4.69) is 44.0 Å². The monoisotopic (exact) mass is 584 g/mol. The summed E-state index contributed by atoms with van der Waals surface area (Å²) in [6.45, 7) is 3.94. The molecule has 198 valence electrons. The topological polar surface area (TPSA) is 118 Å². The zero-order valence-corrected chi connectivity index (χ0v) is 22.3. The Bertz CT molecular complexity index is 1310. The minimum absolute atomic E-state index is 0.249. The van der Waals surface area contributed by atoms with Crippen molar-refractivity contribution in [2.45, 2.75) is 20.3 Å². The van der Waals surface area contributed by atoms with Crippen molar-refractivity contribution in [3.8, 4) is 11.5 Å². The van der Waals surface area contributed by atoms with Crippen LogP contribution in [0, 0.1) is 5.82 Å². The fourth-order valence-corrected chi connectivity index (χ4v) is 3.74. The molecule has 0 atom stereocenters. The van der Waals surface area contributed by atoms with Crippen molar-refractivity contribution in [1.82, 2.24) is 5.43 Å². The Balaban J connectivity index is 1.59. The van der Waals surface area contributed by atoms with E-state index in [-0.39, 0.29) is 18.2 Å². The number of hydrogen-bond acceptors (Lipinski definition) is 6. The van der Waals surface area contributed by atoms with Crippen LogP contribution in [0.4, 0.5) is 15.8 Å². The Morgan fingerprint density at radius 1 is 0.921 bits per heavy atom. The maximum absolute atomic E-state index is 13.0. The molecule has 0 aromatic heterocycles. The first-order valence-corrected chi connectivity index (χ1v) is 12.5. The minimum atomic E-state index is -1.01. The van der Waals surface area contributed by atoms with Gasteiger partial charge in [-0.3, -0.25) is 14.4 Å². The van der Waals surface area contributed by atoms with Gasteiger partial charge < -0.3 is 20.1 Å². The van der Waals surface area contributed by atoms with Crippen molar-refractivity contribution < 1.29 is 28.2 Å². The Labute approximate surface area is 227 Å². The summed E-state index contributed by atoms with van der Waals surface area (Å²) in [5, 5.41) is 8.91. The second-order valence-electron chi connectivity index (χ2n) is 7.81. The van der Waals surface area contributed by atoms with E-state index in [9.17, 15) is 18.8 Å². The second kappa shape index (κ2) is 13.9. The Kier molecular flexibility index (Phi) is 10.4. The van der Waals surface area contributed by atoms with Crippen molar-refractivity contribution in [1.29, 1.82) is 0 Å². The number of rotatable bonds is 10. The molecular formula is C27H26BrFN4O5. The van der Waals surface area contributed by atoms with Crippen LogP contribution in [-0.2, 0) is 20.8 Å². The number of benzene rings is 3. The molecule has 0 aliphatic rings. The van der Waals surface area contributed by atoms with Crippen molar-refractivity contribution in [3.63, 3.8) is 0 Å². The summed E-state index contributed by atoms with van der Waals surface area (Å²) in [6, 6.07) is 15.8. The van der Waals surface area contributed by atoms with E-state index in [1.54, 1.807) is 19.1 Å². The van der Waals surface area contributed by atoms with E-state index in [0.29, 0.717) is 33.8 Å². The molecule has 0 radical (unpaired) electrons. The maximum atomic E-state index is 13.0. The van der Waals surface area contributed by atoms with Gasteiger partial charge in [-0.1, -0.05) is 19.1 Å². The summed E-state index contributed by atoms with van der Waals surface area (Å²) in [7, 11) is 0. The summed E-state index contributed by atoms with van der Waals surface area (Å²) in [5.74, 6) is -2.10. The van der Waals surface area contributed by atoms with E-state index in [4.69, 9.17) is 9.47 Å². The van der Waals surface area contributed by atoms with Gasteiger partial charge in [0.05, 0.1) is 17.3 Å². The summed E-state index contributed by atoms with van der Waals surface area (Å²) in [4.78, 5) is 36.4. The second-order valence-corrected chi connectivity index (χ2v) is 8.66. The molecule has 0 unspecified atom stereocenters. The van der Waals surface area contributed by atoms with Gasteiger partial charge in [0.2, 0.25) is 0 Å². The summed E-state index contributed by atoms with van der Waals surface area (Å²) < 4.78 is 24.8. The molecule has 3 aromatic rings. The van der Waals surface area contributed by atoms with Crippen LogP contribution in [0.2, 0.25) is 0 Å². The third kappa shape index (κ3) is 8.41. The van der Waals surface area contributed by atoms with Gasteiger partial charge in [0.1, 0.15) is 5.82 Å². The smallest absolute Gasteiger partial charge is 0.329 e. The Morgan fingerprint density at radius 3 is 2.24 bits per heavy atom. The Morgan fingerprint density at radius 2 is 1.58 bits per heavy atom. The van der Waals surface area contributed by atoms with Gasteiger partial charge in [0.25, 0.3) is 5.91 Å². The van der Waals surface area contributed by atoms with Crippen molar-refractivity contribution in [3.05, 3.63) is 82.1 Å². The molecule has 11 heteroatoms. The molecular weight excluding hydrogens is 559 g/mol. The summed E-state index contributed by atoms with van der Waals surface area (Å²) in [6.07, 6.45) is 2.22. The highest BCUT2D eigenvalue weighted by molar-refractivity contribution is 9.10. The van der Waals surface area contributed by atoms with Crippen molar-refractivity contribution >= 4 is 51.2 Å². The van der Waals surface area contributed by atoms with E-state index in [1.165, 1.54) is 23.9 Å². The van der Waals surface area contributed by atoms with Crippen LogP contribution < -0.4 is 25.5 Å². The van der Waals surface area contributed by atoms with Crippen molar-refractivity contribution in [2.24, 2.45) is 5.10 Å². The molecule has 3 rings (SSSR count). The molecule has 0 aliphatic carbocycles. The lowest BCUT2D eigenvalue weighted by molar-refractivity contribution is -0.136. The summed E-state index contributed by atoms with van der Waals surface area (Å²) in [5.41, 5.74) is 4.74. The average Bonchev–Trinajstić information content (AvgIpc) is 2.90. The maximum Gasteiger partial charge on any atom is 0.329 e. The number of nitrogens with zero attached hydrogens (tertiary/aromatic N) is 1. The number of halogens is 2. The van der Waals surface area contributed by atoms with Crippen LogP contribution in [-0.4, -0.2) is 37.1 Å². The molecule has 0 saturated carbocycles. The predicted octanol–water partition coefficient (Wildman–Crippen LogP) is 4.66. The normalized spacial score (nSPS) is 10.6. The molecule has 0 bridgehead atoms. The molecule has 3 amide bonds. The first-order valence-electron chi connectivity index (χ1n) is 11.7. The molecule has 0 heterocycles. The van der Waals surface area contributed by atoms with E-state index in [0.717, 1.165) is 18.6 Å². The molecule has 0 aliphatic heterocycles. The lowest BCUT2D eigenvalue weighted by Gasteiger charge is -2.14. The highest BCUT2D eigenvalue weighted by Crippen LogP contribution is 2.36. The van der Waals surface area contributed by atoms with Crippen LogP contribution in [0.5, 0.6) is 11.5 Å². The molecule has 3 aromatic carbocycles. The van der Waals surface area contributed by atoms with Gasteiger partial charge in [0.15, 0.2) is 18.1 Å². The van der Waals surface area contributed by atoms with Crippen LogP contribution in [0.1, 0.15) is 25.0 Å². The minimum Gasteiger partial charge on any atom is -0.490 e. The predicted molar refractivity (Wildman–Crippen MR) is 146 cm³/mol. The van der Waals surface area contributed by atoms with Crippen molar-refractivity contribution in [2.75, 3.05) is 23.8 Å². The number of carbonyl (C=O) groups is 3. The molecule has 38 heavy (non-hydrogen) atoms. The lowest BCUT2D eigenvalue weighted by Crippen LogP contribution is -2.32. The van der Waals surface area contributed by atoms with Gasteiger partial charge in [0, 0.05) is 11.4 Å². The first-order chi connectivity index (χ1) is 18.3. The first kappa shape index (κ1) is 28.3. The number of anilines is 2. The van der Waals surface area contributed by atoms with Crippen LogP contribution in [0.3, 0.4) is 0 Å². The number of hydrogen-bond donors (Lipinski definition) is 3. The fraction of sp³-hybridized carbons (Fsp3) is 0.185. The molecule has 0 spiro atoms. The number of nitrogens with one attached hydrogen (secondary N) is 3. The molecule has 9 nitrogen and oxygen atoms in total. The van der Waals surface area contributed by atoms with E-state index in [1.807, 2.05) is 24.3 Å².